The first-order valence-electron chi connectivity index (χ1n) is 7.97. The normalized spacial score (nSPS) is 16.5. The largest absolute Gasteiger partial charge is 0.493 e. The van der Waals surface area contributed by atoms with E-state index in [1.165, 1.54) is 6.08 Å². The van der Waals surface area contributed by atoms with Gasteiger partial charge in [0, 0.05) is 23.1 Å². The fourth-order valence-corrected chi connectivity index (χ4v) is 2.61. The van der Waals surface area contributed by atoms with E-state index in [2.05, 4.69) is 19.9 Å². The molecule has 0 saturated carbocycles. The molecule has 134 valence electrons. The van der Waals surface area contributed by atoms with Crippen molar-refractivity contribution in [2.24, 2.45) is 5.41 Å². The third kappa shape index (κ3) is 4.66. The molecular formula is C20H24O5. The minimum Gasteiger partial charge on any atom is -0.493 e. The van der Waals surface area contributed by atoms with Gasteiger partial charge in [0.25, 0.3) is 0 Å². The molecule has 1 aliphatic rings. The van der Waals surface area contributed by atoms with Crippen molar-refractivity contribution in [2.45, 2.75) is 20.8 Å². The standard InChI is InChI=1S/C20H24O5/c1-13(8-19(21)22)6-7-14-11-20(2,3)12-25-16-10-18(24-5)17(23-4)9-15(14)16/h6-11H,12H2,1-5H3,(H,21,22)/b7-6+,13-8+. The predicted molar refractivity (Wildman–Crippen MR) is 97.3 cm³/mol. The van der Waals surface area contributed by atoms with E-state index in [-0.39, 0.29) is 5.41 Å². The van der Waals surface area contributed by atoms with Crippen LogP contribution in [0.3, 0.4) is 0 Å². The molecule has 5 heteroatoms. The summed E-state index contributed by atoms with van der Waals surface area (Å²) in [5.74, 6) is 0.958. The summed E-state index contributed by atoms with van der Waals surface area (Å²) in [6.07, 6.45) is 6.97. The summed E-state index contributed by atoms with van der Waals surface area (Å²) in [6, 6.07) is 3.69. The van der Waals surface area contributed by atoms with Gasteiger partial charge in [-0.1, -0.05) is 32.1 Å². The second-order valence-corrected chi connectivity index (χ2v) is 6.64. The van der Waals surface area contributed by atoms with E-state index >= 15 is 0 Å². The van der Waals surface area contributed by atoms with Crippen molar-refractivity contribution < 1.29 is 24.1 Å². The molecule has 1 aliphatic heterocycles. The highest BCUT2D eigenvalue weighted by Crippen LogP contribution is 2.42. The lowest BCUT2D eigenvalue weighted by molar-refractivity contribution is -0.131. The summed E-state index contributed by atoms with van der Waals surface area (Å²) in [7, 11) is 3.17. The smallest absolute Gasteiger partial charge is 0.328 e. The monoisotopic (exact) mass is 344 g/mol. The van der Waals surface area contributed by atoms with E-state index < -0.39 is 5.97 Å². The summed E-state index contributed by atoms with van der Waals surface area (Å²) in [4.78, 5) is 10.8. The maximum atomic E-state index is 10.8. The molecule has 0 bridgehead atoms. The van der Waals surface area contributed by atoms with Crippen LogP contribution in [-0.2, 0) is 4.79 Å². The molecule has 1 N–H and O–H groups in total. The van der Waals surface area contributed by atoms with Gasteiger partial charge < -0.3 is 19.3 Å². The molecule has 0 atom stereocenters. The number of benzene rings is 1. The Bertz CT molecular complexity index is 754. The number of methoxy groups -OCH3 is 2. The summed E-state index contributed by atoms with van der Waals surface area (Å²) in [5, 5.41) is 8.86. The Morgan fingerprint density at radius 3 is 2.48 bits per heavy atom. The number of hydrogen-bond donors (Lipinski definition) is 1. The number of allylic oxidation sites excluding steroid dienone is 4. The zero-order valence-corrected chi connectivity index (χ0v) is 15.3. The van der Waals surface area contributed by atoms with Gasteiger partial charge in [-0.15, -0.1) is 0 Å². The Morgan fingerprint density at radius 1 is 1.24 bits per heavy atom. The third-order valence-corrected chi connectivity index (χ3v) is 3.82. The number of carbonyl (C=O) groups is 1. The molecule has 0 aliphatic carbocycles. The molecule has 1 heterocycles. The Balaban J connectivity index is 2.55. The minimum atomic E-state index is -0.965. The van der Waals surface area contributed by atoms with Crippen LogP contribution in [0.4, 0.5) is 0 Å². The van der Waals surface area contributed by atoms with Crippen molar-refractivity contribution >= 4 is 11.5 Å². The van der Waals surface area contributed by atoms with Crippen LogP contribution >= 0.6 is 0 Å². The molecule has 1 aromatic rings. The van der Waals surface area contributed by atoms with Crippen LogP contribution in [0.5, 0.6) is 17.2 Å². The van der Waals surface area contributed by atoms with Crippen LogP contribution in [-0.4, -0.2) is 31.9 Å². The molecule has 0 radical (unpaired) electrons. The highest BCUT2D eigenvalue weighted by atomic mass is 16.5. The van der Waals surface area contributed by atoms with Gasteiger partial charge in [-0.05, 0) is 24.1 Å². The molecule has 0 spiro atoms. The SMILES string of the molecule is COc1cc2c(cc1OC)C(/C=C/C(C)=C/C(=O)O)=CC(C)(C)CO2. The van der Waals surface area contributed by atoms with Crippen molar-refractivity contribution in [3.8, 4) is 17.2 Å². The van der Waals surface area contributed by atoms with Gasteiger partial charge in [0.05, 0.1) is 20.8 Å². The number of ether oxygens (including phenoxy) is 3. The van der Waals surface area contributed by atoms with Gasteiger partial charge in [-0.3, -0.25) is 0 Å². The molecular weight excluding hydrogens is 320 g/mol. The van der Waals surface area contributed by atoms with Crippen molar-refractivity contribution in [3.05, 3.63) is 47.6 Å². The van der Waals surface area contributed by atoms with E-state index in [0.29, 0.717) is 29.4 Å². The highest BCUT2D eigenvalue weighted by molar-refractivity contribution is 5.83. The number of carboxylic acids is 1. The lowest BCUT2D eigenvalue weighted by Gasteiger charge is -2.18. The van der Waals surface area contributed by atoms with Gasteiger partial charge >= 0.3 is 5.97 Å². The highest BCUT2D eigenvalue weighted by Gasteiger charge is 2.24. The number of hydrogen-bond acceptors (Lipinski definition) is 4. The summed E-state index contributed by atoms with van der Waals surface area (Å²) < 4.78 is 16.7. The molecule has 0 fully saturated rings. The molecule has 0 amide bonds. The fraction of sp³-hybridized carbons (Fsp3) is 0.350. The first-order valence-corrected chi connectivity index (χ1v) is 7.97. The zero-order valence-electron chi connectivity index (χ0n) is 15.3. The minimum absolute atomic E-state index is 0.177. The van der Waals surface area contributed by atoms with Gasteiger partial charge in [0.15, 0.2) is 11.5 Å². The fourth-order valence-electron chi connectivity index (χ4n) is 2.61. The van der Waals surface area contributed by atoms with Gasteiger partial charge in [-0.2, -0.15) is 0 Å². The third-order valence-electron chi connectivity index (χ3n) is 3.82. The number of aliphatic carboxylic acids is 1. The summed E-state index contributed by atoms with van der Waals surface area (Å²) in [6.45, 7) is 6.44. The first-order chi connectivity index (χ1) is 11.8. The van der Waals surface area contributed by atoms with Crippen LogP contribution in [0.15, 0.2) is 42.0 Å². The molecule has 0 saturated heterocycles. The van der Waals surface area contributed by atoms with E-state index in [1.807, 2.05) is 18.2 Å². The van der Waals surface area contributed by atoms with Crippen molar-refractivity contribution in [1.82, 2.24) is 0 Å². The molecule has 2 rings (SSSR count). The average Bonchev–Trinajstić information content (AvgIpc) is 2.67. The predicted octanol–water partition coefficient (Wildman–Crippen LogP) is 4.09. The van der Waals surface area contributed by atoms with Gasteiger partial charge in [0.1, 0.15) is 5.75 Å². The van der Waals surface area contributed by atoms with Crippen LogP contribution in [0.25, 0.3) is 5.57 Å². The maximum absolute atomic E-state index is 10.8. The molecule has 25 heavy (non-hydrogen) atoms. The lowest BCUT2D eigenvalue weighted by Crippen LogP contribution is -2.17. The summed E-state index contributed by atoms with van der Waals surface area (Å²) >= 11 is 0. The van der Waals surface area contributed by atoms with E-state index in [0.717, 1.165) is 11.1 Å². The van der Waals surface area contributed by atoms with Crippen LogP contribution < -0.4 is 14.2 Å². The molecule has 0 aromatic heterocycles. The van der Waals surface area contributed by atoms with Crippen molar-refractivity contribution in [3.63, 3.8) is 0 Å². The molecule has 5 nitrogen and oxygen atoms in total. The van der Waals surface area contributed by atoms with E-state index in [1.54, 1.807) is 27.2 Å². The van der Waals surface area contributed by atoms with Crippen molar-refractivity contribution in [2.75, 3.05) is 20.8 Å². The number of carboxylic acid groups (broad SMARTS) is 1. The number of fused-ring (bicyclic) bond motifs is 1. The topological polar surface area (TPSA) is 65.0 Å². The molecule has 1 aromatic carbocycles. The zero-order chi connectivity index (χ0) is 18.6. The van der Waals surface area contributed by atoms with Crippen LogP contribution in [0, 0.1) is 5.41 Å². The Morgan fingerprint density at radius 2 is 1.88 bits per heavy atom. The van der Waals surface area contributed by atoms with Gasteiger partial charge in [-0.25, -0.2) is 4.79 Å². The lowest BCUT2D eigenvalue weighted by atomic mass is 9.90. The second kappa shape index (κ2) is 7.47. The maximum Gasteiger partial charge on any atom is 0.328 e. The van der Waals surface area contributed by atoms with Gasteiger partial charge in [0.2, 0.25) is 0 Å². The average molecular weight is 344 g/mol. The van der Waals surface area contributed by atoms with Crippen molar-refractivity contribution in [1.29, 1.82) is 0 Å². The Kier molecular flexibility index (Phi) is 5.57. The van der Waals surface area contributed by atoms with E-state index in [9.17, 15) is 4.79 Å². The van der Waals surface area contributed by atoms with E-state index in [4.69, 9.17) is 19.3 Å². The first kappa shape index (κ1) is 18.6. The quantitative estimate of drug-likeness (QED) is 0.644. The summed E-state index contributed by atoms with van der Waals surface area (Å²) in [5.41, 5.74) is 2.29. The molecule has 0 unspecified atom stereocenters. The Labute approximate surface area is 148 Å². The number of rotatable bonds is 5. The second-order valence-electron chi connectivity index (χ2n) is 6.64. The van der Waals surface area contributed by atoms with Crippen LogP contribution in [0.1, 0.15) is 26.3 Å². The Hall–Kier alpha value is -2.69. The van der Waals surface area contributed by atoms with Crippen LogP contribution in [0.2, 0.25) is 0 Å².